The molecular formula is C28H34O14. The van der Waals surface area contributed by atoms with Crippen LogP contribution < -0.4 is 0 Å². The van der Waals surface area contributed by atoms with E-state index < -0.39 is 85.1 Å². The smallest absolute Gasteiger partial charge is 0.337 e. The molecule has 4 rings (SSSR count). The third-order valence-electron chi connectivity index (χ3n) is 7.57. The lowest BCUT2D eigenvalue weighted by atomic mass is 9.80. The van der Waals surface area contributed by atoms with Crippen molar-refractivity contribution in [3.05, 3.63) is 47.7 Å². The fourth-order valence-electron chi connectivity index (χ4n) is 5.65. The summed E-state index contributed by atoms with van der Waals surface area (Å²) in [5, 5.41) is 49.8. The highest BCUT2D eigenvalue weighted by molar-refractivity contribution is 5.90. The zero-order valence-corrected chi connectivity index (χ0v) is 23.1. The standard InChI is InChI=1S/C28H34O14/c1-13(30)42-28(2)10-17(39-19(32)9-6-14-4-7-15(31)8-5-14)20-16(25(36)37-3)12-38-26(21(20)28)41-27-24(35)23(34)22(33)18(11-29)40-27/h4-9,12,17-18,20-24,26-27,29,31,33-35H,10-11H2,1-3H3/b9-6+/t17-,18?,20?,21?,22?,23?,24?,26+,27?,28+/m1/s1. The normalized spacial score (nSPS) is 36.0. The Labute approximate surface area is 240 Å². The van der Waals surface area contributed by atoms with Crippen molar-refractivity contribution in [1.82, 2.24) is 0 Å². The van der Waals surface area contributed by atoms with Gasteiger partial charge in [0.1, 0.15) is 41.9 Å². The Morgan fingerprint density at radius 2 is 1.76 bits per heavy atom. The molecular weight excluding hydrogens is 560 g/mol. The molecule has 3 aliphatic rings. The van der Waals surface area contributed by atoms with Crippen molar-refractivity contribution in [3.8, 4) is 5.75 Å². The van der Waals surface area contributed by atoms with Gasteiger partial charge in [-0.2, -0.15) is 0 Å². The van der Waals surface area contributed by atoms with Gasteiger partial charge in [0.2, 0.25) is 6.29 Å². The fourth-order valence-corrected chi connectivity index (χ4v) is 5.65. The predicted octanol–water partition coefficient (Wildman–Crippen LogP) is -0.495. The van der Waals surface area contributed by atoms with E-state index in [-0.39, 0.29) is 17.7 Å². The van der Waals surface area contributed by atoms with E-state index in [9.17, 15) is 39.9 Å². The third kappa shape index (κ3) is 6.43. The van der Waals surface area contributed by atoms with Crippen molar-refractivity contribution in [2.24, 2.45) is 11.8 Å². The summed E-state index contributed by atoms with van der Waals surface area (Å²) in [4.78, 5) is 37.8. The number of carbonyl (C=O) groups is 3. The molecule has 1 aliphatic carbocycles. The molecule has 2 fully saturated rings. The van der Waals surface area contributed by atoms with E-state index >= 15 is 0 Å². The number of hydrogen-bond acceptors (Lipinski definition) is 14. The summed E-state index contributed by atoms with van der Waals surface area (Å²) in [6, 6.07) is 6.06. The molecule has 0 bridgehead atoms. The third-order valence-corrected chi connectivity index (χ3v) is 7.57. The Morgan fingerprint density at radius 3 is 2.38 bits per heavy atom. The minimum absolute atomic E-state index is 0.0349. The van der Waals surface area contributed by atoms with Gasteiger partial charge in [0, 0.05) is 25.3 Å². The summed E-state index contributed by atoms with van der Waals surface area (Å²) >= 11 is 0. The molecule has 2 heterocycles. The number of phenols is 1. The van der Waals surface area contributed by atoms with E-state index in [1.54, 1.807) is 19.1 Å². The topological polar surface area (TPSA) is 208 Å². The lowest BCUT2D eigenvalue weighted by molar-refractivity contribution is -0.346. The molecule has 7 unspecified atom stereocenters. The fraction of sp³-hybridized carbons (Fsp3) is 0.536. The van der Waals surface area contributed by atoms with Crippen LogP contribution in [-0.2, 0) is 42.8 Å². The van der Waals surface area contributed by atoms with Crippen LogP contribution in [0.3, 0.4) is 0 Å². The van der Waals surface area contributed by atoms with Gasteiger partial charge in [-0.15, -0.1) is 0 Å². The predicted molar refractivity (Wildman–Crippen MR) is 139 cm³/mol. The number of ether oxygens (including phenoxy) is 6. The molecule has 0 spiro atoms. The molecule has 0 amide bonds. The van der Waals surface area contributed by atoms with E-state index in [1.165, 1.54) is 25.1 Å². The number of aromatic hydroxyl groups is 1. The van der Waals surface area contributed by atoms with Gasteiger partial charge >= 0.3 is 17.9 Å². The highest BCUT2D eigenvalue weighted by Crippen LogP contribution is 2.52. The largest absolute Gasteiger partial charge is 0.508 e. The Kier molecular flexibility index (Phi) is 9.55. The molecule has 1 saturated heterocycles. The summed E-state index contributed by atoms with van der Waals surface area (Å²) in [5.41, 5.74) is -0.880. The van der Waals surface area contributed by atoms with Crippen molar-refractivity contribution in [3.63, 3.8) is 0 Å². The highest BCUT2D eigenvalue weighted by atomic mass is 16.8. The van der Waals surface area contributed by atoms with E-state index in [4.69, 9.17) is 28.4 Å². The van der Waals surface area contributed by atoms with Gasteiger partial charge in [-0.25, -0.2) is 9.59 Å². The van der Waals surface area contributed by atoms with Crippen molar-refractivity contribution in [1.29, 1.82) is 0 Å². The molecule has 42 heavy (non-hydrogen) atoms. The zero-order chi connectivity index (χ0) is 30.8. The number of benzene rings is 1. The number of hydrogen-bond donors (Lipinski definition) is 5. The van der Waals surface area contributed by atoms with Crippen LogP contribution in [0.4, 0.5) is 0 Å². The van der Waals surface area contributed by atoms with Crippen LogP contribution in [0.5, 0.6) is 5.75 Å². The number of methoxy groups -OCH3 is 1. The minimum atomic E-state index is -1.77. The van der Waals surface area contributed by atoms with Crippen LogP contribution in [0.1, 0.15) is 25.8 Å². The zero-order valence-electron chi connectivity index (χ0n) is 23.1. The van der Waals surface area contributed by atoms with Crippen LogP contribution >= 0.6 is 0 Å². The van der Waals surface area contributed by atoms with Crippen LogP contribution in [-0.4, -0.2) is 106 Å². The number of aliphatic hydroxyl groups excluding tert-OH is 4. The molecule has 0 radical (unpaired) electrons. The second-order valence-corrected chi connectivity index (χ2v) is 10.5. The first-order valence-electron chi connectivity index (χ1n) is 13.2. The first-order valence-corrected chi connectivity index (χ1v) is 13.2. The quantitative estimate of drug-likeness (QED) is 0.146. The highest BCUT2D eigenvalue weighted by Gasteiger charge is 2.63. The van der Waals surface area contributed by atoms with E-state index in [0.717, 1.165) is 19.4 Å². The molecule has 230 valence electrons. The Bertz CT molecular complexity index is 1210. The van der Waals surface area contributed by atoms with Gasteiger partial charge in [0.05, 0.1) is 31.5 Å². The Balaban J connectivity index is 1.65. The number of aliphatic hydroxyl groups is 4. The molecule has 0 aromatic heterocycles. The second-order valence-electron chi connectivity index (χ2n) is 10.5. The average molecular weight is 595 g/mol. The molecule has 1 aromatic rings. The monoisotopic (exact) mass is 594 g/mol. The van der Waals surface area contributed by atoms with Crippen LogP contribution in [0.15, 0.2) is 42.2 Å². The summed E-state index contributed by atoms with van der Waals surface area (Å²) in [6.07, 6.45) is -6.89. The Hall–Kier alpha value is -3.53. The summed E-state index contributed by atoms with van der Waals surface area (Å²) < 4.78 is 33.4. The van der Waals surface area contributed by atoms with Crippen LogP contribution in [0.25, 0.3) is 6.08 Å². The van der Waals surface area contributed by atoms with Crippen molar-refractivity contribution in [2.45, 2.75) is 69.0 Å². The number of phenolic OH excluding ortho intramolecular Hbond substituents is 1. The van der Waals surface area contributed by atoms with Crippen molar-refractivity contribution >= 4 is 24.0 Å². The maximum atomic E-state index is 12.9. The van der Waals surface area contributed by atoms with Gasteiger partial charge in [-0.3, -0.25) is 4.79 Å². The molecule has 5 N–H and O–H groups in total. The molecule has 1 saturated carbocycles. The second kappa shape index (κ2) is 12.8. The molecule has 1 aromatic carbocycles. The van der Waals surface area contributed by atoms with Crippen molar-refractivity contribution in [2.75, 3.05) is 13.7 Å². The number of fused-ring (bicyclic) bond motifs is 1. The van der Waals surface area contributed by atoms with Crippen LogP contribution in [0.2, 0.25) is 0 Å². The SMILES string of the molecule is COC(=O)C1=CO[C@@H](OC2OC(CO)C(O)C(O)C2O)C2C1[C@H](OC(=O)/C=C/c1ccc(O)cc1)C[C@]2(C)OC(C)=O. The summed E-state index contributed by atoms with van der Waals surface area (Å²) in [7, 11) is 1.15. The van der Waals surface area contributed by atoms with Crippen molar-refractivity contribution < 1.29 is 68.3 Å². The summed E-state index contributed by atoms with van der Waals surface area (Å²) in [6.45, 7) is 2.02. The van der Waals surface area contributed by atoms with Gasteiger partial charge in [0.15, 0.2) is 6.29 Å². The van der Waals surface area contributed by atoms with Crippen LogP contribution in [0, 0.1) is 11.8 Å². The lowest BCUT2D eigenvalue weighted by Crippen LogP contribution is -2.61. The first kappa shape index (κ1) is 31.4. The summed E-state index contributed by atoms with van der Waals surface area (Å²) in [5.74, 6) is -4.23. The average Bonchev–Trinajstić information content (AvgIpc) is 3.23. The minimum Gasteiger partial charge on any atom is -0.508 e. The number of carbonyl (C=O) groups excluding carboxylic acids is 3. The number of esters is 3. The van der Waals surface area contributed by atoms with Gasteiger partial charge in [-0.1, -0.05) is 12.1 Å². The first-order chi connectivity index (χ1) is 19.9. The van der Waals surface area contributed by atoms with Gasteiger partial charge in [0.25, 0.3) is 0 Å². The maximum Gasteiger partial charge on any atom is 0.337 e. The van der Waals surface area contributed by atoms with E-state index in [2.05, 4.69) is 0 Å². The molecule has 2 aliphatic heterocycles. The lowest BCUT2D eigenvalue weighted by Gasteiger charge is -2.44. The Morgan fingerprint density at radius 1 is 1.07 bits per heavy atom. The maximum absolute atomic E-state index is 12.9. The number of rotatable bonds is 8. The van der Waals surface area contributed by atoms with E-state index in [1.807, 2.05) is 0 Å². The molecule has 14 nitrogen and oxygen atoms in total. The van der Waals surface area contributed by atoms with Gasteiger partial charge in [-0.05, 0) is 30.7 Å². The molecule has 14 heteroatoms. The van der Waals surface area contributed by atoms with Gasteiger partial charge < -0.3 is 54.0 Å². The van der Waals surface area contributed by atoms with E-state index in [0.29, 0.717) is 5.56 Å². The molecule has 10 atom stereocenters.